The van der Waals surface area contributed by atoms with Gasteiger partial charge >= 0.3 is 0 Å². The first-order valence-corrected chi connectivity index (χ1v) is 2.90. The number of amides is 1. The molecular weight excluding hydrogens is 184 g/mol. The fraction of sp³-hybridized carbons (Fsp3) is 0. The van der Waals surface area contributed by atoms with Crippen molar-refractivity contribution in [1.29, 1.82) is 0 Å². The summed E-state index contributed by atoms with van der Waals surface area (Å²) < 4.78 is 0. The molecule has 0 radical (unpaired) electrons. The van der Waals surface area contributed by atoms with Gasteiger partial charge in [0.1, 0.15) is 0 Å². The molecular formula is C7H8FeN2O. The third kappa shape index (κ3) is 2.72. The van der Waals surface area contributed by atoms with Crippen molar-refractivity contribution < 1.29 is 21.9 Å². The molecule has 0 aliphatic heterocycles. The molecule has 1 aromatic rings. The maximum Gasteiger partial charge on any atom is 0.265 e. The van der Waals surface area contributed by atoms with Crippen LogP contribution in [0.2, 0.25) is 0 Å². The minimum Gasteiger partial charge on any atom is -0.290 e. The second kappa shape index (κ2) is 4.91. The van der Waals surface area contributed by atoms with Gasteiger partial charge in [-0.05, 0) is 12.1 Å². The molecule has 0 aromatic heterocycles. The summed E-state index contributed by atoms with van der Waals surface area (Å²) in [5.74, 6) is 4.64. The molecule has 3 nitrogen and oxygen atoms in total. The molecule has 3 N–H and O–H groups in total. The largest absolute Gasteiger partial charge is 0.290 e. The molecule has 1 amide bonds. The monoisotopic (exact) mass is 192 g/mol. The number of rotatable bonds is 1. The molecule has 0 aliphatic carbocycles. The summed E-state index contributed by atoms with van der Waals surface area (Å²) in [4.78, 5) is 10.8. The predicted octanol–water partition coefficient (Wildman–Crippen LogP) is 0.288. The van der Waals surface area contributed by atoms with Gasteiger partial charge in [0.05, 0.1) is 0 Å². The SMILES string of the molecule is NNC(=O)c1ccccc1.[Fe]. The average Bonchev–Trinajstić information content (AvgIpc) is 2.05. The van der Waals surface area contributed by atoms with Gasteiger partial charge in [0.15, 0.2) is 0 Å². The van der Waals surface area contributed by atoms with Gasteiger partial charge in [0.25, 0.3) is 5.91 Å². The number of carbonyl (C=O) groups is 1. The maximum atomic E-state index is 10.8. The van der Waals surface area contributed by atoms with Crippen LogP contribution in [0.4, 0.5) is 0 Å². The minimum absolute atomic E-state index is 0. The molecule has 0 bridgehead atoms. The van der Waals surface area contributed by atoms with Crippen molar-refractivity contribution in [1.82, 2.24) is 5.43 Å². The van der Waals surface area contributed by atoms with Gasteiger partial charge in [0.2, 0.25) is 0 Å². The molecule has 11 heavy (non-hydrogen) atoms. The third-order valence-corrected chi connectivity index (χ3v) is 1.17. The van der Waals surface area contributed by atoms with Gasteiger partial charge < -0.3 is 0 Å². The molecule has 0 spiro atoms. The molecule has 1 aromatic carbocycles. The van der Waals surface area contributed by atoms with E-state index in [-0.39, 0.29) is 23.0 Å². The van der Waals surface area contributed by atoms with Crippen LogP contribution in [0.15, 0.2) is 30.3 Å². The number of hydrazine groups is 1. The molecule has 0 atom stereocenters. The van der Waals surface area contributed by atoms with E-state index < -0.39 is 0 Å². The van der Waals surface area contributed by atoms with E-state index >= 15 is 0 Å². The van der Waals surface area contributed by atoms with Gasteiger partial charge in [-0.15, -0.1) is 0 Å². The van der Waals surface area contributed by atoms with Crippen LogP contribution in [0.25, 0.3) is 0 Å². The van der Waals surface area contributed by atoms with Crippen LogP contribution >= 0.6 is 0 Å². The van der Waals surface area contributed by atoms with Gasteiger partial charge in [-0.2, -0.15) is 0 Å². The van der Waals surface area contributed by atoms with Gasteiger partial charge in [-0.25, -0.2) is 5.84 Å². The van der Waals surface area contributed by atoms with E-state index in [2.05, 4.69) is 0 Å². The Balaban J connectivity index is 0.000001000. The Morgan fingerprint density at radius 2 is 1.82 bits per heavy atom. The zero-order valence-corrected chi connectivity index (χ0v) is 6.83. The van der Waals surface area contributed by atoms with Crippen LogP contribution in [-0.4, -0.2) is 5.91 Å². The number of hydrogen-bond acceptors (Lipinski definition) is 2. The van der Waals surface area contributed by atoms with E-state index in [1.165, 1.54) is 0 Å². The fourth-order valence-electron chi connectivity index (χ4n) is 0.673. The molecule has 4 heteroatoms. The number of nitrogen functional groups attached to an aromatic ring is 1. The van der Waals surface area contributed by atoms with Crippen molar-refractivity contribution in [2.45, 2.75) is 0 Å². The van der Waals surface area contributed by atoms with E-state index in [1.54, 1.807) is 24.3 Å². The molecule has 60 valence electrons. The molecule has 1 rings (SSSR count). The number of nitrogens with two attached hydrogens (primary N) is 1. The third-order valence-electron chi connectivity index (χ3n) is 1.17. The molecule has 0 fully saturated rings. The van der Waals surface area contributed by atoms with Crippen LogP contribution in [-0.2, 0) is 17.1 Å². The summed E-state index contributed by atoms with van der Waals surface area (Å²) in [7, 11) is 0. The van der Waals surface area contributed by atoms with E-state index in [1.807, 2.05) is 11.5 Å². The second-order valence-corrected chi connectivity index (χ2v) is 1.84. The summed E-state index contributed by atoms with van der Waals surface area (Å²) >= 11 is 0. The van der Waals surface area contributed by atoms with E-state index in [9.17, 15) is 4.79 Å². The predicted molar refractivity (Wildman–Crippen MR) is 38.1 cm³/mol. The summed E-state index contributed by atoms with van der Waals surface area (Å²) in [6.07, 6.45) is 0. The van der Waals surface area contributed by atoms with Crippen LogP contribution < -0.4 is 11.3 Å². The first-order valence-electron chi connectivity index (χ1n) is 2.90. The first-order chi connectivity index (χ1) is 4.84. The summed E-state index contributed by atoms with van der Waals surface area (Å²) in [5, 5.41) is 0. The van der Waals surface area contributed by atoms with Crippen molar-refractivity contribution in [2.24, 2.45) is 5.84 Å². The average molecular weight is 192 g/mol. The minimum atomic E-state index is -0.263. The number of hydrogen-bond donors (Lipinski definition) is 2. The van der Waals surface area contributed by atoms with Gasteiger partial charge in [-0.1, -0.05) is 18.2 Å². The Hall–Kier alpha value is -0.831. The zero-order valence-electron chi connectivity index (χ0n) is 5.73. The summed E-state index contributed by atoms with van der Waals surface area (Å²) in [6, 6.07) is 8.80. The van der Waals surface area contributed by atoms with Crippen molar-refractivity contribution >= 4 is 5.91 Å². The second-order valence-electron chi connectivity index (χ2n) is 1.84. The molecule has 0 saturated carbocycles. The topological polar surface area (TPSA) is 55.1 Å². The van der Waals surface area contributed by atoms with Gasteiger partial charge in [0, 0.05) is 22.6 Å². The molecule has 0 unspecified atom stereocenters. The summed E-state index contributed by atoms with van der Waals surface area (Å²) in [6.45, 7) is 0. The number of carbonyl (C=O) groups excluding carboxylic acids is 1. The first kappa shape index (κ1) is 10.2. The van der Waals surface area contributed by atoms with Crippen LogP contribution in [0.5, 0.6) is 0 Å². The Labute approximate surface area is 75.4 Å². The van der Waals surface area contributed by atoms with Crippen molar-refractivity contribution in [3.8, 4) is 0 Å². The number of nitrogens with one attached hydrogen (secondary N) is 1. The van der Waals surface area contributed by atoms with Crippen LogP contribution in [0.3, 0.4) is 0 Å². The van der Waals surface area contributed by atoms with Crippen LogP contribution in [0.1, 0.15) is 10.4 Å². The smallest absolute Gasteiger partial charge is 0.265 e. The number of benzene rings is 1. The quantitative estimate of drug-likeness (QED) is 0.290. The zero-order chi connectivity index (χ0) is 7.40. The molecule has 0 aliphatic rings. The molecule has 0 heterocycles. The van der Waals surface area contributed by atoms with E-state index in [0.29, 0.717) is 5.56 Å². The van der Waals surface area contributed by atoms with Crippen LogP contribution in [0, 0.1) is 0 Å². The van der Waals surface area contributed by atoms with Crippen molar-refractivity contribution in [2.75, 3.05) is 0 Å². The Morgan fingerprint density at radius 3 is 2.27 bits per heavy atom. The Kier molecular flexibility index (Phi) is 4.53. The Morgan fingerprint density at radius 1 is 1.27 bits per heavy atom. The normalized spacial score (nSPS) is 8.09. The van der Waals surface area contributed by atoms with Crippen molar-refractivity contribution in [3.63, 3.8) is 0 Å². The van der Waals surface area contributed by atoms with E-state index in [0.717, 1.165) is 0 Å². The van der Waals surface area contributed by atoms with Gasteiger partial charge in [-0.3, -0.25) is 10.2 Å². The standard InChI is InChI=1S/C7H8N2O.Fe/c8-9-7(10)6-4-2-1-3-5-6;/h1-5H,8H2,(H,9,10);. The Bertz CT molecular complexity index is 225. The summed E-state index contributed by atoms with van der Waals surface area (Å²) in [5.41, 5.74) is 2.62. The maximum absolute atomic E-state index is 10.8. The molecule has 0 saturated heterocycles. The van der Waals surface area contributed by atoms with E-state index in [4.69, 9.17) is 5.84 Å². The van der Waals surface area contributed by atoms with Crippen molar-refractivity contribution in [3.05, 3.63) is 35.9 Å². The fourth-order valence-corrected chi connectivity index (χ4v) is 0.673.